The van der Waals surface area contributed by atoms with Gasteiger partial charge in [-0.1, -0.05) is 0 Å². The third-order valence-electron chi connectivity index (χ3n) is 5.56. The first kappa shape index (κ1) is 17.1. The Hall–Kier alpha value is -3.03. The van der Waals surface area contributed by atoms with Gasteiger partial charge in [-0.15, -0.1) is 5.10 Å². The largest absolute Gasteiger partial charge is 0.356 e. The lowest BCUT2D eigenvalue weighted by Gasteiger charge is -2.32. The molecule has 0 atom stereocenters. The van der Waals surface area contributed by atoms with Crippen LogP contribution in [0.5, 0.6) is 0 Å². The van der Waals surface area contributed by atoms with Gasteiger partial charge in [0.05, 0.1) is 0 Å². The van der Waals surface area contributed by atoms with E-state index in [1.54, 1.807) is 27.7 Å². The molecule has 3 aromatic rings. The lowest BCUT2D eigenvalue weighted by atomic mass is 9.97. The minimum Gasteiger partial charge on any atom is -0.356 e. The Balaban J connectivity index is 1.25. The quantitative estimate of drug-likeness (QED) is 0.677. The number of anilines is 1. The van der Waals surface area contributed by atoms with Crippen LogP contribution < -0.4 is 10.5 Å². The van der Waals surface area contributed by atoms with Crippen molar-refractivity contribution in [2.75, 3.05) is 18.0 Å². The molecule has 1 aliphatic heterocycles. The van der Waals surface area contributed by atoms with E-state index in [1.807, 2.05) is 24.5 Å². The third-order valence-corrected chi connectivity index (χ3v) is 5.56. The Morgan fingerprint density at radius 3 is 2.61 bits per heavy atom. The molecule has 3 aromatic heterocycles. The number of hydrogen-bond acceptors (Lipinski definition) is 6. The van der Waals surface area contributed by atoms with Crippen molar-refractivity contribution in [1.29, 1.82) is 0 Å². The SMILES string of the molecule is O=c1ccc(-n2cccn2)nn1CC1CCN(c2ccnc(C3CC3)n2)CC1. The number of piperidine rings is 1. The summed E-state index contributed by atoms with van der Waals surface area (Å²) in [4.78, 5) is 23.8. The Labute approximate surface area is 162 Å². The van der Waals surface area contributed by atoms with Crippen molar-refractivity contribution < 1.29 is 0 Å². The van der Waals surface area contributed by atoms with Gasteiger partial charge >= 0.3 is 0 Å². The fourth-order valence-corrected chi connectivity index (χ4v) is 3.76. The van der Waals surface area contributed by atoms with Crippen molar-refractivity contribution >= 4 is 5.82 Å². The van der Waals surface area contributed by atoms with Crippen LogP contribution in [0.2, 0.25) is 0 Å². The molecule has 0 amide bonds. The summed E-state index contributed by atoms with van der Waals surface area (Å²) in [5.74, 6) is 3.68. The second-order valence-electron chi connectivity index (χ2n) is 7.64. The highest BCUT2D eigenvalue weighted by atomic mass is 16.1. The van der Waals surface area contributed by atoms with E-state index in [2.05, 4.69) is 20.1 Å². The number of aromatic nitrogens is 6. The summed E-state index contributed by atoms with van der Waals surface area (Å²) in [7, 11) is 0. The average Bonchev–Trinajstić information content (AvgIpc) is 3.45. The maximum Gasteiger partial charge on any atom is 0.266 e. The molecule has 0 radical (unpaired) electrons. The van der Waals surface area contributed by atoms with E-state index in [-0.39, 0.29) is 5.56 Å². The molecule has 1 saturated heterocycles. The van der Waals surface area contributed by atoms with E-state index in [0.29, 0.717) is 24.2 Å². The van der Waals surface area contributed by atoms with Crippen LogP contribution in [-0.4, -0.2) is 42.6 Å². The fraction of sp³-hybridized carbons (Fsp3) is 0.450. The molecule has 8 nitrogen and oxygen atoms in total. The summed E-state index contributed by atoms with van der Waals surface area (Å²) in [6, 6.07) is 7.13. The zero-order chi connectivity index (χ0) is 18.9. The summed E-state index contributed by atoms with van der Waals surface area (Å²) in [6.45, 7) is 2.53. The molecular weight excluding hydrogens is 354 g/mol. The van der Waals surface area contributed by atoms with Gasteiger partial charge in [-0.3, -0.25) is 4.79 Å². The second kappa shape index (κ2) is 7.18. The molecule has 2 aliphatic rings. The summed E-state index contributed by atoms with van der Waals surface area (Å²) >= 11 is 0. The van der Waals surface area contributed by atoms with E-state index in [0.717, 1.165) is 37.6 Å². The van der Waals surface area contributed by atoms with Crippen molar-refractivity contribution in [2.24, 2.45) is 5.92 Å². The van der Waals surface area contributed by atoms with E-state index in [9.17, 15) is 4.79 Å². The first-order valence-electron chi connectivity index (χ1n) is 9.92. The zero-order valence-electron chi connectivity index (χ0n) is 15.7. The van der Waals surface area contributed by atoms with E-state index < -0.39 is 0 Å². The van der Waals surface area contributed by atoms with Crippen molar-refractivity contribution in [2.45, 2.75) is 38.1 Å². The summed E-state index contributed by atoms with van der Waals surface area (Å²) in [5, 5.41) is 8.69. The molecule has 28 heavy (non-hydrogen) atoms. The number of nitrogens with zero attached hydrogens (tertiary/aromatic N) is 7. The summed E-state index contributed by atoms with van der Waals surface area (Å²) < 4.78 is 3.25. The van der Waals surface area contributed by atoms with Crippen LogP contribution in [0.4, 0.5) is 5.82 Å². The molecule has 0 bridgehead atoms. The predicted octanol–water partition coefficient (Wildman–Crippen LogP) is 2.01. The highest BCUT2D eigenvalue weighted by molar-refractivity contribution is 5.38. The van der Waals surface area contributed by atoms with E-state index in [4.69, 9.17) is 4.98 Å². The number of rotatable bonds is 5. The lowest BCUT2D eigenvalue weighted by molar-refractivity contribution is 0.333. The Kier molecular flexibility index (Phi) is 4.38. The van der Waals surface area contributed by atoms with Gasteiger partial charge in [-0.2, -0.15) is 5.10 Å². The van der Waals surface area contributed by atoms with Crippen LogP contribution in [-0.2, 0) is 6.54 Å². The first-order chi connectivity index (χ1) is 13.8. The minimum absolute atomic E-state index is 0.0665. The zero-order valence-corrected chi connectivity index (χ0v) is 15.7. The molecule has 0 spiro atoms. The Morgan fingerprint density at radius 1 is 1.00 bits per heavy atom. The lowest BCUT2D eigenvalue weighted by Crippen LogP contribution is -2.37. The van der Waals surface area contributed by atoms with Crippen LogP contribution in [0, 0.1) is 5.92 Å². The van der Waals surface area contributed by atoms with Crippen molar-refractivity contribution in [3.05, 3.63) is 59.0 Å². The van der Waals surface area contributed by atoms with Crippen LogP contribution in [0.1, 0.15) is 37.4 Å². The van der Waals surface area contributed by atoms with Crippen molar-refractivity contribution in [3.63, 3.8) is 0 Å². The van der Waals surface area contributed by atoms with Gasteiger partial charge in [-0.05, 0) is 49.8 Å². The van der Waals surface area contributed by atoms with E-state index in [1.165, 1.54) is 12.8 Å². The van der Waals surface area contributed by atoms with Crippen LogP contribution in [0.3, 0.4) is 0 Å². The standard InChI is InChI=1S/C20H23N7O/c28-19-5-4-18(26-11-1-9-22-26)24-27(19)14-15-7-12-25(13-8-15)17-6-10-21-20(23-17)16-2-3-16/h1,4-6,9-11,15-16H,2-3,7-8,12-14H2. The minimum atomic E-state index is -0.0665. The molecule has 0 aromatic carbocycles. The molecule has 0 N–H and O–H groups in total. The molecular formula is C20H23N7O. The van der Waals surface area contributed by atoms with E-state index >= 15 is 0 Å². The smallest absolute Gasteiger partial charge is 0.266 e. The highest BCUT2D eigenvalue weighted by Gasteiger charge is 2.28. The highest BCUT2D eigenvalue weighted by Crippen LogP contribution is 2.38. The average molecular weight is 377 g/mol. The maximum atomic E-state index is 12.3. The third kappa shape index (κ3) is 3.54. The van der Waals surface area contributed by atoms with Gasteiger partial charge in [0.25, 0.3) is 5.56 Å². The fourth-order valence-electron chi connectivity index (χ4n) is 3.76. The van der Waals surface area contributed by atoms with Crippen LogP contribution >= 0.6 is 0 Å². The van der Waals surface area contributed by atoms with Gasteiger partial charge in [0.15, 0.2) is 5.82 Å². The maximum absolute atomic E-state index is 12.3. The topological polar surface area (TPSA) is 81.7 Å². The van der Waals surface area contributed by atoms with Gasteiger partial charge < -0.3 is 4.90 Å². The van der Waals surface area contributed by atoms with Gasteiger partial charge in [0, 0.05) is 50.2 Å². The van der Waals surface area contributed by atoms with Crippen molar-refractivity contribution in [1.82, 2.24) is 29.5 Å². The first-order valence-corrected chi connectivity index (χ1v) is 9.92. The molecule has 1 aliphatic carbocycles. The molecule has 1 saturated carbocycles. The van der Waals surface area contributed by atoms with Gasteiger partial charge in [0.1, 0.15) is 11.6 Å². The molecule has 8 heteroatoms. The predicted molar refractivity (Wildman–Crippen MR) is 105 cm³/mol. The number of hydrogen-bond donors (Lipinski definition) is 0. The van der Waals surface area contributed by atoms with Gasteiger partial charge in [-0.25, -0.2) is 19.3 Å². The Bertz CT molecular complexity index is 1000. The molecule has 0 unspecified atom stereocenters. The summed E-state index contributed by atoms with van der Waals surface area (Å²) in [6.07, 6.45) is 9.87. The molecule has 144 valence electrons. The second-order valence-corrected chi connectivity index (χ2v) is 7.64. The molecule has 4 heterocycles. The summed E-state index contributed by atoms with van der Waals surface area (Å²) in [5.41, 5.74) is -0.0665. The van der Waals surface area contributed by atoms with Crippen molar-refractivity contribution in [3.8, 4) is 5.82 Å². The molecule has 2 fully saturated rings. The van der Waals surface area contributed by atoms with Crippen LogP contribution in [0.15, 0.2) is 47.7 Å². The molecule has 5 rings (SSSR count). The van der Waals surface area contributed by atoms with Crippen LogP contribution in [0.25, 0.3) is 5.82 Å². The normalized spacial score (nSPS) is 17.8. The van der Waals surface area contributed by atoms with Gasteiger partial charge in [0.2, 0.25) is 0 Å². The Morgan fingerprint density at radius 2 is 1.86 bits per heavy atom. The monoisotopic (exact) mass is 377 g/mol.